The van der Waals surface area contributed by atoms with Gasteiger partial charge in [-0.05, 0) is 36.6 Å². The third kappa shape index (κ3) is 3.79. The van der Waals surface area contributed by atoms with Gasteiger partial charge in [0.15, 0.2) is 0 Å². The zero-order chi connectivity index (χ0) is 15.1. The lowest BCUT2D eigenvalue weighted by Gasteiger charge is -2.07. The number of hydrogen-bond donors (Lipinski definition) is 0. The molecule has 0 fully saturated rings. The Morgan fingerprint density at radius 2 is 2.10 bits per heavy atom. The van der Waals surface area contributed by atoms with Gasteiger partial charge in [-0.25, -0.2) is 4.98 Å². The fourth-order valence-corrected chi connectivity index (χ4v) is 2.21. The first-order valence-corrected chi connectivity index (χ1v) is 7.23. The summed E-state index contributed by atoms with van der Waals surface area (Å²) in [6.45, 7) is 9.95. The van der Waals surface area contributed by atoms with Crippen molar-refractivity contribution >= 4 is 23.8 Å². The van der Waals surface area contributed by atoms with E-state index in [4.69, 9.17) is 4.98 Å². The SMILES string of the molecule is C=CC/C=c1/nc2c(c/c1=C/C)/C=C\C/C=C\C=C/C2=C. The van der Waals surface area contributed by atoms with Crippen molar-refractivity contribution in [1.29, 1.82) is 0 Å². The molecule has 0 amide bonds. The topological polar surface area (TPSA) is 12.9 Å². The second-order valence-corrected chi connectivity index (χ2v) is 4.87. The van der Waals surface area contributed by atoms with Crippen LogP contribution in [0.1, 0.15) is 31.0 Å². The highest BCUT2D eigenvalue weighted by molar-refractivity contribution is 5.76. The molecule has 1 aromatic heterocycles. The maximum atomic E-state index is 4.82. The molecule has 1 heterocycles. The van der Waals surface area contributed by atoms with Crippen molar-refractivity contribution in [2.24, 2.45) is 0 Å². The minimum absolute atomic E-state index is 0.813. The lowest BCUT2D eigenvalue weighted by molar-refractivity contribution is 1.16. The normalized spacial score (nSPS) is 20.7. The Morgan fingerprint density at radius 3 is 2.86 bits per heavy atom. The first-order valence-electron chi connectivity index (χ1n) is 7.23. The van der Waals surface area contributed by atoms with Crippen LogP contribution in [0, 0.1) is 0 Å². The minimum Gasteiger partial charge on any atom is -0.248 e. The van der Waals surface area contributed by atoms with Crippen LogP contribution in [0.25, 0.3) is 23.8 Å². The fraction of sp³-hybridized carbons (Fsp3) is 0.150. The molecule has 2 rings (SSSR count). The summed E-state index contributed by atoms with van der Waals surface area (Å²) in [5.41, 5.74) is 2.99. The Kier molecular flexibility index (Phi) is 5.28. The quantitative estimate of drug-likeness (QED) is 0.749. The summed E-state index contributed by atoms with van der Waals surface area (Å²) in [6.07, 6.45) is 20.3. The summed E-state index contributed by atoms with van der Waals surface area (Å²) in [6, 6.07) is 2.18. The monoisotopic (exact) mass is 275 g/mol. The van der Waals surface area contributed by atoms with E-state index in [1.54, 1.807) is 0 Å². The summed E-state index contributed by atoms with van der Waals surface area (Å²) in [7, 11) is 0. The molecule has 0 saturated carbocycles. The number of pyridine rings is 1. The molecule has 0 bridgehead atoms. The molecule has 1 aliphatic rings. The Morgan fingerprint density at radius 1 is 1.24 bits per heavy atom. The zero-order valence-corrected chi connectivity index (χ0v) is 12.5. The van der Waals surface area contributed by atoms with Crippen LogP contribution in [0.2, 0.25) is 0 Å². The van der Waals surface area contributed by atoms with Crippen molar-refractivity contribution in [3.8, 4) is 0 Å². The van der Waals surface area contributed by atoms with Crippen molar-refractivity contribution < 1.29 is 0 Å². The molecule has 0 N–H and O–H groups in total. The summed E-state index contributed by atoms with van der Waals surface area (Å²) in [5.74, 6) is 0. The average Bonchev–Trinajstić information content (AvgIpc) is 2.51. The average molecular weight is 275 g/mol. The highest BCUT2D eigenvalue weighted by Crippen LogP contribution is 2.17. The smallest absolute Gasteiger partial charge is 0.0775 e. The van der Waals surface area contributed by atoms with Gasteiger partial charge in [0, 0.05) is 5.56 Å². The molecule has 0 radical (unpaired) electrons. The van der Waals surface area contributed by atoms with Gasteiger partial charge in [-0.1, -0.05) is 61.3 Å². The van der Waals surface area contributed by atoms with Gasteiger partial charge in [0.05, 0.1) is 11.0 Å². The molecule has 1 heteroatoms. The number of rotatable bonds is 2. The molecule has 106 valence electrons. The Labute approximate surface area is 126 Å². The Balaban J connectivity index is 2.69. The molecule has 1 nitrogen and oxygen atoms in total. The van der Waals surface area contributed by atoms with Crippen molar-refractivity contribution in [1.82, 2.24) is 4.98 Å². The van der Waals surface area contributed by atoms with E-state index in [-0.39, 0.29) is 0 Å². The van der Waals surface area contributed by atoms with E-state index in [1.807, 2.05) is 31.2 Å². The third-order valence-corrected chi connectivity index (χ3v) is 3.32. The van der Waals surface area contributed by atoms with Crippen molar-refractivity contribution in [3.63, 3.8) is 0 Å². The molecule has 0 unspecified atom stereocenters. The molecule has 0 saturated heterocycles. The molecule has 0 aliphatic heterocycles. The molecular weight excluding hydrogens is 254 g/mol. The first kappa shape index (κ1) is 15.0. The Hall–Kier alpha value is -2.41. The van der Waals surface area contributed by atoms with E-state index < -0.39 is 0 Å². The molecule has 0 spiro atoms. The summed E-state index contributed by atoms with van der Waals surface area (Å²) < 4.78 is 0. The van der Waals surface area contributed by atoms with Gasteiger partial charge in [0.1, 0.15) is 0 Å². The number of nitrogens with zero attached hydrogens (tertiary/aromatic N) is 1. The van der Waals surface area contributed by atoms with Gasteiger partial charge in [-0.3, -0.25) is 0 Å². The van der Waals surface area contributed by atoms with Gasteiger partial charge in [-0.15, -0.1) is 6.58 Å². The predicted octanol–water partition coefficient (Wildman–Crippen LogP) is 3.78. The predicted molar refractivity (Wildman–Crippen MR) is 93.9 cm³/mol. The van der Waals surface area contributed by atoms with Gasteiger partial charge in [0.25, 0.3) is 0 Å². The van der Waals surface area contributed by atoms with E-state index >= 15 is 0 Å². The summed E-state index contributed by atoms with van der Waals surface area (Å²) in [4.78, 5) is 4.82. The maximum Gasteiger partial charge on any atom is 0.0775 e. The van der Waals surface area contributed by atoms with E-state index in [2.05, 4.69) is 49.6 Å². The molecule has 21 heavy (non-hydrogen) atoms. The van der Waals surface area contributed by atoms with Crippen molar-refractivity contribution in [2.75, 3.05) is 0 Å². The van der Waals surface area contributed by atoms with E-state index in [0.717, 1.165) is 40.2 Å². The molecule has 1 aliphatic carbocycles. The molecule has 0 aromatic carbocycles. The lowest BCUT2D eigenvalue weighted by atomic mass is 10.0. The third-order valence-electron chi connectivity index (χ3n) is 3.32. The van der Waals surface area contributed by atoms with Crippen LogP contribution >= 0.6 is 0 Å². The first-order chi connectivity index (χ1) is 10.3. The van der Waals surface area contributed by atoms with Crippen LogP contribution in [0.15, 0.2) is 55.7 Å². The van der Waals surface area contributed by atoms with E-state index in [9.17, 15) is 0 Å². The van der Waals surface area contributed by atoms with Crippen LogP contribution in [0.4, 0.5) is 0 Å². The van der Waals surface area contributed by atoms with Crippen LogP contribution in [0.5, 0.6) is 0 Å². The Bertz CT molecular complexity index is 743. The highest BCUT2D eigenvalue weighted by atomic mass is 14.7. The summed E-state index contributed by atoms with van der Waals surface area (Å²) in [5, 5.41) is 2.14. The largest absolute Gasteiger partial charge is 0.248 e. The second kappa shape index (κ2) is 7.39. The maximum absolute atomic E-state index is 4.82. The van der Waals surface area contributed by atoms with Crippen LogP contribution in [-0.4, -0.2) is 4.98 Å². The van der Waals surface area contributed by atoms with Crippen LogP contribution in [0.3, 0.4) is 0 Å². The number of allylic oxidation sites excluding steroid dienone is 7. The van der Waals surface area contributed by atoms with Gasteiger partial charge >= 0.3 is 0 Å². The minimum atomic E-state index is 0.813. The molecule has 0 atom stereocenters. The molecular formula is C20H21N. The van der Waals surface area contributed by atoms with E-state index in [1.165, 1.54) is 0 Å². The highest BCUT2D eigenvalue weighted by Gasteiger charge is 2.05. The standard InChI is InChI=1S/C20H21N/c1-4-6-14-19-17(5-2)15-18-13-11-9-7-8-10-12-16(3)20(18)21-19/h4-5,7-8,10-15H,1,3,6,9H2,2H3/b8-7-,12-10-,13-11-,17-5-,19-14+. The van der Waals surface area contributed by atoms with Crippen molar-refractivity contribution in [3.05, 3.63) is 77.5 Å². The number of hydrogen-bond acceptors (Lipinski definition) is 1. The number of fused-ring (bicyclic) bond motifs is 1. The number of aromatic nitrogens is 1. The summed E-state index contributed by atoms with van der Waals surface area (Å²) >= 11 is 0. The van der Waals surface area contributed by atoms with Crippen LogP contribution < -0.4 is 10.6 Å². The zero-order valence-electron chi connectivity index (χ0n) is 12.5. The van der Waals surface area contributed by atoms with Gasteiger partial charge in [-0.2, -0.15) is 0 Å². The molecule has 1 aromatic rings. The fourth-order valence-electron chi connectivity index (χ4n) is 2.21. The van der Waals surface area contributed by atoms with Gasteiger partial charge in [0.2, 0.25) is 0 Å². The van der Waals surface area contributed by atoms with Crippen molar-refractivity contribution in [2.45, 2.75) is 19.8 Å². The van der Waals surface area contributed by atoms with Crippen LogP contribution in [-0.2, 0) is 0 Å². The lowest BCUT2D eigenvalue weighted by Crippen LogP contribution is -2.29. The van der Waals surface area contributed by atoms with Gasteiger partial charge < -0.3 is 0 Å². The second-order valence-electron chi connectivity index (χ2n) is 4.87. The van der Waals surface area contributed by atoms with E-state index in [0.29, 0.717) is 0 Å².